The molecule has 3 aromatic rings. The number of carbonyl (C=O) groups excluding carboxylic acids is 1. The number of thioether (sulfide) groups is 1. The molecule has 1 amide bonds. The minimum absolute atomic E-state index is 0.0101. The van der Waals surface area contributed by atoms with Gasteiger partial charge in [-0.3, -0.25) is 14.6 Å². The van der Waals surface area contributed by atoms with Gasteiger partial charge in [0, 0.05) is 36.6 Å². The second-order valence-corrected chi connectivity index (χ2v) is 9.18. The molecule has 4 rings (SSSR count). The number of amides is 1. The van der Waals surface area contributed by atoms with Crippen LogP contribution in [0.2, 0.25) is 0 Å². The van der Waals surface area contributed by atoms with Gasteiger partial charge in [-0.15, -0.1) is 11.8 Å². The number of benzene rings is 2. The molecule has 1 aromatic heterocycles. The molecule has 0 spiro atoms. The first kappa shape index (κ1) is 20.3. The highest BCUT2D eigenvalue weighted by atomic mass is 32.2. The van der Waals surface area contributed by atoms with Gasteiger partial charge in [0.2, 0.25) is 0 Å². The standard InChI is InChI=1S/C22H25N3O2S2/c1-2-28-18-7-5-6-17(16-18)21(26)25(11-10-24-12-14-27-15-13-24)22-23-19-8-3-4-9-20(19)29-22/h3-9,16H,2,10-15H2,1H3. The maximum atomic E-state index is 13.5. The number of para-hydroxylation sites is 1. The number of hydrogen-bond donors (Lipinski definition) is 0. The van der Waals surface area contributed by atoms with Gasteiger partial charge in [0.1, 0.15) is 0 Å². The van der Waals surface area contributed by atoms with Crippen LogP contribution in [-0.4, -0.2) is 60.9 Å². The zero-order valence-electron chi connectivity index (χ0n) is 16.5. The van der Waals surface area contributed by atoms with Crippen molar-refractivity contribution < 1.29 is 9.53 Å². The van der Waals surface area contributed by atoms with Crippen molar-refractivity contribution in [3.05, 3.63) is 54.1 Å². The monoisotopic (exact) mass is 427 g/mol. The van der Waals surface area contributed by atoms with E-state index in [1.807, 2.05) is 41.3 Å². The van der Waals surface area contributed by atoms with Crippen LogP contribution in [-0.2, 0) is 4.74 Å². The van der Waals surface area contributed by atoms with Gasteiger partial charge in [-0.2, -0.15) is 0 Å². The highest BCUT2D eigenvalue weighted by molar-refractivity contribution is 7.99. The summed E-state index contributed by atoms with van der Waals surface area (Å²) in [5.74, 6) is 0.992. The van der Waals surface area contributed by atoms with E-state index in [9.17, 15) is 4.79 Å². The smallest absolute Gasteiger partial charge is 0.260 e. The van der Waals surface area contributed by atoms with Crippen LogP contribution in [0.5, 0.6) is 0 Å². The summed E-state index contributed by atoms with van der Waals surface area (Å²) in [5.41, 5.74) is 1.65. The van der Waals surface area contributed by atoms with E-state index in [0.717, 1.165) is 58.8 Å². The summed E-state index contributed by atoms with van der Waals surface area (Å²) < 4.78 is 6.55. The van der Waals surface area contributed by atoms with E-state index >= 15 is 0 Å². The third-order valence-corrected chi connectivity index (χ3v) is 6.83. The molecule has 1 aliphatic heterocycles. The average Bonchev–Trinajstić information content (AvgIpc) is 3.19. The molecule has 2 aromatic carbocycles. The van der Waals surface area contributed by atoms with Gasteiger partial charge in [-0.1, -0.05) is 36.5 Å². The summed E-state index contributed by atoms with van der Waals surface area (Å²) >= 11 is 3.32. The Bertz CT molecular complexity index is 936. The molecule has 0 saturated carbocycles. The first-order valence-corrected chi connectivity index (χ1v) is 11.7. The topological polar surface area (TPSA) is 45.7 Å². The molecule has 7 heteroatoms. The summed E-state index contributed by atoms with van der Waals surface area (Å²) in [4.78, 5) is 23.6. The van der Waals surface area contributed by atoms with Crippen molar-refractivity contribution in [2.24, 2.45) is 0 Å². The number of morpholine rings is 1. The SMILES string of the molecule is CCSc1cccc(C(=O)N(CCN2CCOCC2)c2nc3ccccc3s2)c1. The second-order valence-electron chi connectivity index (χ2n) is 6.84. The lowest BCUT2D eigenvalue weighted by molar-refractivity contribution is 0.0391. The predicted octanol–water partition coefficient (Wildman–Crippen LogP) is 4.39. The van der Waals surface area contributed by atoms with Crippen LogP contribution in [0.4, 0.5) is 5.13 Å². The van der Waals surface area contributed by atoms with E-state index < -0.39 is 0 Å². The van der Waals surface area contributed by atoms with Gasteiger partial charge in [0.05, 0.1) is 23.4 Å². The Kier molecular flexibility index (Phi) is 6.82. The van der Waals surface area contributed by atoms with Gasteiger partial charge in [-0.25, -0.2) is 4.98 Å². The number of carbonyl (C=O) groups is 1. The molecule has 152 valence electrons. The van der Waals surface area contributed by atoms with Crippen LogP contribution in [0.3, 0.4) is 0 Å². The Morgan fingerprint density at radius 2 is 2.03 bits per heavy atom. The number of nitrogens with zero attached hydrogens (tertiary/aromatic N) is 3. The Morgan fingerprint density at radius 3 is 2.83 bits per heavy atom. The fourth-order valence-electron chi connectivity index (χ4n) is 3.37. The molecule has 1 fully saturated rings. The normalized spacial score (nSPS) is 14.9. The molecule has 0 atom stereocenters. The lowest BCUT2D eigenvalue weighted by Gasteiger charge is -2.29. The number of ether oxygens (including phenoxy) is 1. The lowest BCUT2D eigenvalue weighted by atomic mass is 10.2. The fourth-order valence-corrected chi connectivity index (χ4v) is 5.08. The van der Waals surface area contributed by atoms with Crippen LogP contribution < -0.4 is 4.90 Å². The molecule has 1 saturated heterocycles. The Balaban J connectivity index is 1.61. The predicted molar refractivity (Wildman–Crippen MR) is 121 cm³/mol. The molecular formula is C22H25N3O2S2. The van der Waals surface area contributed by atoms with E-state index in [1.165, 1.54) is 0 Å². The molecule has 5 nitrogen and oxygen atoms in total. The van der Waals surface area contributed by atoms with Crippen LogP contribution in [0, 0.1) is 0 Å². The number of hydrogen-bond acceptors (Lipinski definition) is 6. The molecule has 0 radical (unpaired) electrons. The summed E-state index contributed by atoms with van der Waals surface area (Å²) in [7, 11) is 0. The van der Waals surface area contributed by atoms with Gasteiger partial charge in [0.25, 0.3) is 5.91 Å². The Morgan fingerprint density at radius 1 is 1.21 bits per heavy atom. The van der Waals surface area contributed by atoms with E-state index in [0.29, 0.717) is 12.1 Å². The molecule has 0 aliphatic carbocycles. The summed E-state index contributed by atoms with van der Waals surface area (Å²) in [6.07, 6.45) is 0. The largest absolute Gasteiger partial charge is 0.379 e. The van der Waals surface area contributed by atoms with Crippen molar-refractivity contribution in [1.82, 2.24) is 9.88 Å². The lowest BCUT2D eigenvalue weighted by Crippen LogP contribution is -2.43. The molecule has 2 heterocycles. The van der Waals surface area contributed by atoms with Crippen molar-refractivity contribution in [3.8, 4) is 0 Å². The zero-order valence-corrected chi connectivity index (χ0v) is 18.2. The van der Waals surface area contributed by atoms with E-state index in [1.54, 1.807) is 23.1 Å². The van der Waals surface area contributed by atoms with Crippen molar-refractivity contribution in [3.63, 3.8) is 0 Å². The van der Waals surface area contributed by atoms with Crippen LogP contribution >= 0.6 is 23.1 Å². The minimum atomic E-state index is 0.0101. The highest BCUT2D eigenvalue weighted by Crippen LogP contribution is 2.30. The van der Waals surface area contributed by atoms with Crippen molar-refractivity contribution in [2.45, 2.75) is 11.8 Å². The number of rotatable bonds is 7. The Labute approximate surface area is 179 Å². The third-order valence-electron chi connectivity index (χ3n) is 4.89. The van der Waals surface area contributed by atoms with E-state index in [2.05, 4.69) is 24.0 Å². The molecule has 1 aliphatic rings. The molecule has 0 unspecified atom stereocenters. The van der Waals surface area contributed by atoms with Crippen LogP contribution in [0.15, 0.2) is 53.4 Å². The maximum Gasteiger partial charge on any atom is 0.260 e. The van der Waals surface area contributed by atoms with Crippen molar-refractivity contribution in [1.29, 1.82) is 0 Å². The van der Waals surface area contributed by atoms with Gasteiger partial charge in [0.15, 0.2) is 5.13 Å². The first-order valence-electron chi connectivity index (χ1n) is 9.95. The summed E-state index contributed by atoms with van der Waals surface area (Å²) in [6.45, 7) is 6.87. The van der Waals surface area contributed by atoms with Crippen molar-refractivity contribution >= 4 is 44.4 Å². The molecular weight excluding hydrogens is 402 g/mol. The van der Waals surface area contributed by atoms with Gasteiger partial charge in [-0.05, 0) is 36.1 Å². The quantitative estimate of drug-likeness (QED) is 0.524. The average molecular weight is 428 g/mol. The summed E-state index contributed by atoms with van der Waals surface area (Å²) in [6, 6.07) is 16.0. The number of fused-ring (bicyclic) bond motifs is 1. The fraction of sp³-hybridized carbons (Fsp3) is 0.364. The van der Waals surface area contributed by atoms with E-state index in [-0.39, 0.29) is 5.91 Å². The van der Waals surface area contributed by atoms with Crippen LogP contribution in [0.25, 0.3) is 10.2 Å². The number of thiazole rings is 1. The minimum Gasteiger partial charge on any atom is -0.379 e. The highest BCUT2D eigenvalue weighted by Gasteiger charge is 2.23. The zero-order chi connectivity index (χ0) is 20.1. The van der Waals surface area contributed by atoms with Gasteiger partial charge >= 0.3 is 0 Å². The van der Waals surface area contributed by atoms with Gasteiger partial charge < -0.3 is 4.74 Å². The molecule has 29 heavy (non-hydrogen) atoms. The molecule has 0 bridgehead atoms. The number of anilines is 1. The number of aromatic nitrogens is 1. The Hall–Kier alpha value is -1.93. The third kappa shape index (κ3) is 4.98. The van der Waals surface area contributed by atoms with Crippen molar-refractivity contribution in [2.75, 3.05) is 50.0 Å². The van der Waals surface area contributed by atoms with E-state index in [4.69, 9.17) is 9.72 Å². The summed E-state index contributed by atoms with van der Waals surface area (Å²) in [5, 5.41) is 0.762. The molecule has 0 N–H and O–H groups in total. The first-order chi connectivity index (χ1) is 14.2. The maximum absolute atomic E-state index is 13.5. The van der Waals surface area contributed by atoms with Crippen LogP contribution in [0.1, 0.15) is 17.3 Å². The second kappa shape index (κ2) is 9.71.